The van der Waals surface area contributed by atoms with Gasteiger partial charge in [-0.3, -0.25) is 4.79 Å². The number of nitrogens with one attached hydrogen (secondary N) is 1. The first kappa shape index (κ1) is 16.4. The summed E-state index contributed by atoms with van der Waals surface area (Å²) >= 11 is 0. The number of rotatable bonds is 3. The molecule has 2 aliphatic heterocycles. The first-order chi connectivity index (χ1) is 11.0. The lowest BCUT2D eigenvalue weighted by Crippen LogP contribution is -2.50. The van der Waals surface area contributed by atoms with E-state index in [0.29, 0.717) is 19.6 Å². The third-order valence-electron chi connectivity index (χ3n) is 4.34. The van der Waals surface area contributed by atoms with Gasteiger partial charge in [-0.1, -0.05) is 30.3 Å². The van der Waals surface area contributed by atoms with Crippen LogP contribution in [0.25, 0.3) is 0 Å². The van der Waals surface area contributed by atoms with E-state index >= 15 is 0 Å². The Morgan fingerprint density at radius 3 is 2.70 bits per heavy atom. The zero-order valence-corrected chi connectivity index (χ0v) is 13.8. The number of hydrogen-bond donors (Lipinski definition) is 1. The van der Waals surface area contributed by atoms with Crippen molar-refractivity contribution in [1.82, 2.24) is 5.32 Å². The topological polar surface area (TPSA) is 56.8 Å². The van der Waals surface area contributed by atoms with E-state index in [0.717, 1.165) is 18.4 Å². The van der Waals surface area contributed by atoms with E-state index in [9.17, 15) is 4.79 Å². The maximum Gasteiger partial charge on any atom is 0.249 e. The molecule has 0 bridgehead atoms. The second-order valence-electron chi connectivity index (χ2n) is 6.83. The van der Waals surface area contributed by atoms with Crippen LogP contribution < -0.4 is 5.32 Å². The Bertz CT molecular complexity index is 531. The van der Waals surface area contributed by atoms with E-state index in [-0.39, 0.29) is 17.6 Å². The van der Waals surface area contributed by atoms with Crippen LogP contribution in [0, 0.1) is 0 Å². The smallest absolute Gasteiger partial charge is 0.249 e. The first-order valence-electron chi connectivity index (χ1n) is 8.30. The van der Waals surface area contributed by atoms with Crippen LogP contribution in [-0.4, -0.2) is 36.9 Å². The highest BCUT2D eigenvalue weighted by atomic mass is 16.7. The van der Waals surface area contributed by atoms with Gasteiger partial charge in [-0.05, 0) is 26.7 Å². The van der Waals surface area contributed by atoms with Gasteiger partial charge in [0.15, 0.2) is 6.29 Å². The molecule has 0 radical (unpaired) electrons. The molecular formula is C18H25NO4. The number of carbonyl (C=O) groups excluding carboxylic acids is 1. The third-order valence-corrected chi connectivity index (χ3v) is 4.34. The number of carbonyl (C=O) groups is 1. The van der Waals surface area contributed by atoms with Gasteiger partial charge in [0, 0.05) is 24.6 Å². The van der Waals surface area contributed by atoms with Crippen molar-refractivity contribution in [2.75, 3.05) is 13.2 Å². The molecule has 0 saturated carbocycles. The molecule has 23 heavy (non-hydrogen) atoms. The van der Waals surface area contributed by atoms with Crippen LogP contribution in [0.2, 0.25) is 0 Å². The summed E-state index contributed by atoms with van der Waals surface area (Å²) in [5.41, 5.74) is 0.761. The standard InChI is InChI=1S/C18H25NO4/c1-18(2)12-14(8-11-22-18)19-16(20)15-9-10-21-17(23-15)13-6-4-3-5-7-13/h3-7,14-15,17H,8-12H2,1-2H3,(H,19,20)/t14-,15+,17+/m1/s1. The highest BCUT2D eigenvalue weighted by molar-refractivity contribution is 5.81. The molecular weight excluding hydrogens is 294 g/mol. The Morgan fingerprint density at radius 2 is 1.96 bits per heavy atom. The maximum absolute atomic E-state index is 12.5. The van der Waals surface area contributed by atoms with Crippen molar-refractivity contribution in [2.45, 2.75) is 57.1 Å². The molecule has 1 aromatic carbocycles. The van der Waals surface area contributed by atoms with Crippen LogP contribution in [0.4, 0.5) is 0 Å². The predicted molar refractivity (Wildman–Crippen MR) is 85.8 cm³/mol. The largest absolute Gasteiger partial charge is 0.375 e. The second-order valence-corrected chi connectivity index (χ2v) is 6.83. The van der Waals surface area contributed by atoms with E-state index in [1.807, 2.05) is 30.3 Å². The SMILES string of the molecule is CC1(C)C[C@H](NC(=O)[C@@H]2CCO[C@H](c3ccccc3)O2)CCO1. The van der Waals surface area contributed by atoms with Gasteiger partial charge in [-0.15, -0.1) is 0 Å². The van der Waals surface area contributed by atoms with Crippen LogP contribution in [0.5, 0.6) is 0 Å². The zero-order valence-electron chi connectivity index (χ0n) is 13.8. The van der Waals surface area contributed by atoms with Gasteiger partial charge in [0.05, 0.1) is 12.2 Å². The van der Waals surface area contributed by atoms with Gasteiger partial charge < -0.3 is 19.5 Å². The van der Waals surface area contributed by atoms with Crippen LogP contribution in [0.15, 0.2) is 30.3 Å². The molecule has 1 aromatic rings. The van der Waals surface area contributed by atoms with E-state index in [1.165, 1.54) is 0 Å². The minimum Gasteiger partial charge on any atom is -0.375 e. The molecule has 0 aromatic heterocycles. The molecule has 0 spiro atoms. The third kappa shape index (κ3) is 4.31. The predicted octanol–water partition coefficient (Wildman–Crippen LogP) is 2.56. The monoisotopic (exact) mass is 319 g/mol. The highest BCUT2D eigenvalue weighted by Crippen LogP contribution is 2.27. The molecule has 2 fully saturated rings. The van der Waals surface area contributed by atoms with Crippen LogP contribution in [-0.2, 0) is 19.0 Å². The Balaban J connectivity index is 1.57. The molecule has 2 aliphatic rings. The first-order valence-corrected chi connectivity index (χ1v) is 8.30. The fraction of sp³-hybridized carbons (Fsp3) is 0.611. The summed E-state index contributed by atoms with van der Waals surface area (Å²) in [6.45, 7) is 5.32. The van der Waals surface area contributed by atoms with Gasteiger partial charge in [0.1, 0.15) is 6.10 Å². The van der Waals surface area contributed by atoms with E-state index in [1.54, 1.807) is 0 Å². The Labute approximate surface area is 137 Å². The average molecular weight is 319 g/mol. The van der Waals surface area contributed by atoms with Crippen molar-refractivity contribution in [2.24, 2.45) is 0 Å². The number of benzene rings is 1. The van der Waals surface area contributed by atoms with Gasteiger partial charge in [0.2, 0.25) is 5.91 Å². The van der Waals surface area contributed by atoms with Gasteiger partial charge >= 0.3 is 0 Å². The Morgan fingerprint density at radius 1 is 1.17 bits per heavy atom. The molecule has 3 rings (SSSR count). The Hall–Kier alpha value is -1.43. The molecule has 0 aliphatic carbocycles. The fourth-order valence-corrected chi connectivity index (χ4v) is 3.17. The van der Waals surface area contributed by atoms with E-state index in [2.05, 4.69) is 19.2 Å². The van der Waals surface area contributed by atoms with Gasteiger partial charge in [-0.25, -0.2) is 0 Å². The van der Waals surface area contributed by atoms with Crippen LogP contribution in [0.1, 0.15) is 45.0 Å². The van der Waals surface area contributed by atoms with E-state index < -0.39 is 12.4 Å². The summed E-state index contributed by atoms with van der Waals surface area (Å²) in [6.07, 6.45) is 1.33. The van der Waals surface area contributed by atoms with Crippen molar-refractivity contribution in [1.29, 1.82) is 0 Å². The second kappa shape index (κ2) is 6.99. The Kier molecular flexibility index (Phi) is 4.99. The lowest BCUT2D eigenvalue weighted by atomic mass is 9.94. The molecule has 5 heteroatoms. The summed E-state index contributed by atoms with van der Waals surface area (Å²) in [5.74, 6) is -0.0445. The lowest BCUT2D eigenvalue weighted by Gasteiger charge is -2.37. The number of amides is 1. The molecule has 0 unspecified atom stereocenters. The zero-order chi connectivity index (χ0) is 16.3. The fourth-order valence-electron chi connectivity index (χ4n) is 3.17. The average Bonchev–Trinajstić information content (AvgIpc) is 2.55. The highest BCUT2D eigenvalue weighted by Gasteiger charge is 2.34. The van der Waals surface area contributed by atoms with Gasteiger partial charge in [-0.2, -0.15) is 0 Å². The summed E-state index contributed by atoms with van der Waals surface area (Å²) < 4.78 is 17.2. The quantitative estimate of drug-likeness (QED) is 0.930. The van der Waals surface area contributed by atoms with Crippen LogP contribution in [0.3, 0.4) is 0 Å². The lowest BCUT2D eigenvalue weighted by molar-refractivity contribution is -0.217. The number of hydrogen-bond acceptors (Lipinski definition) is 4. The van der Waals surface area contributed by atoms with Gasteiger partial charge in [0.25, 0.3) is 0 Å². The summed E-state index contributed by atoms with van der Waals surface area (Å²) in [6, 6.07) is 9.88. The minimum absolute atomic E-state index is 0.0445. The van der Waals surface area contributed by atoms with Crippen molar-refractivity contribution in [3.8, 4) is 0 Å². The summed E-state index contributed by atoms with van der Waals surface area (Å²) in [7, 11) is 0. The molecule has 1 amide bonds. The number of ether oxygens (including phenoxy) is 3. The van der Waals surface area contributed by atoms with E-state index in [4.69, 9.17) is 14.2 Å². The molecule has 3 atom stereocenters. The summed E-state index contributed by atoms with van der Waals surface area (Å²) in [5, 5.41) is 3.12. The minimum atomic E-state index is -0.466. The molecule has 5 nitrogen and oxygen atoms in total. The van der Waals surface area contributed by atoms with Crippen LogP contribution >= 0.6 is 0 Å². The molecule has 126 valence electrons. The molecule has 2 saturated heterocycles. The maximum atomic E-state index is 12.5. The summed E-state index contributed by atoms with van der Waals surface area (Å²) in [4.78, 5) is 12.5. The molecule has 1 N–H and O–H groups in total. The molecule has 2 heterocycles. The van der Waals surface area contributed by atoms with Crippen molar-refractivity contribution >= 4 is 5.91 Å². The van der Waals surface area contributed by atoms with Crippen molar-refractivity contribution < 1.29 is 19.0 Å². The van der Waals surface area contributed by atoms with Crippen molar-refractivity contribution in [3.05, 3.63) is 35.9 Å². The van der Waals surface area contributed by atoms with Crippen molar-refractivity contribution in [3.63, 3.8) is 0 Å². The normalized spacial score (nSPS) is 30.6.